The van der Waals surface area contributed by atoms with Crippen molar-refractivity contribution in [2.24, 2.45) is 5.92 Å². The van der Waals surface area contributed by atoms with Crippen LogP contribution in [0.4, 0.5) is 0 Å². The van der Waals surface area contributed by atoms with Crippen molar-refractivity contribution < 1.29 is 14.0 Å². The van der Waals surface area contributed by atoms with Gasteiger partial charge in [0.05, 0.1) is 6.26 Å². The van der Waals surface area contributed by atoms with Crippen LogP contribution in [0.1, 0.15) is 68.3 Å². The normalized spacial score (nSPS) is 20.1. The minimum absolute atomic E-state index is 0.0536. The summed E-state index contributed by atoms with van der Waals surface area (Å²) in [5.41, 5.74) is 0. The third kappa shape index (κ3) is 4.62. The number of rotatable bonds is 5. The molecule has 0 spiro atoms. The topological polar surface area (TPSA) is 62.6 Å². The molecule has 0 aromatic carbocycles. The Labute approximate surface area is 143 Å². The van der Waals surface area contributed by atoms with Gasteiger partial charge < -0.3 is 14.6 Å². The Balaban J connectivity index is 1.35. The summed E-state index contributed by atoms with van der Waals surface area (Å²) < 4.78 is 5.17. The van der Waals surface area contributed by atoms with E-state index in [1.54, 1.807) is 12.1 Å². The van der Waals surface area contributed by atoms with Gasteiger partial charge in [-0.05, 0) is 37.3 Å². The Kier molecular flexibility index (Phi) is 5.94. The number of piperidine rings is 1. The highest BCUT2D eigenvalue weighted by molar-refractivity contribution is 5.91. The molecule has 2 amide bonds. The van der Waals surface area contributed by atoms with Gasteiger partial charge in [0.15, 0.2) is 5.76 Å². The van der Waals surface area contributed by atoms with Gasteiger partial charge in [-0.1, -0.05) is 32.1 Å². The van der Waals surface area contributed by atoms with Crippen molar-refractivity contribution in [2.75, 3.05) is 13.1 Å². The lowest BCUT2D eigenvalue weighted by Crippen LogP contribution is -2.46. The van der Waals surface area contributed by atoms with E-state index in [2.05, 4.69) is 5.32 Å². The summed E-state index contributed by atoms with van der Waals surface area (Å²) in [5, 5.41) is 3.15. The molecule has 0 radical (unpaired) electrons. The number of likely N-dealkylation sites (tertiary alicyclic amines) is 1. The van der Waals surface area contributed by atoms with Crippen molar-refractivity contribution in [1.29, 1.82) is 0 Å². The van der Waals surface area contributed by atoms with Gasteiger partial charge in [-0.3, -0.25) is 9.59 Å². The summed E-state index contributed by atoms with van der Waals surface area (Å²) in [5.74, 6) is 1.26. The fourth-order valence-corrected chi connectivity index (χ4v) is 3.89. The van der Waals surface area contributed by atoms with Crippen LogP contribution in [0, 0.1) is 5.92 Å². The van der Waals surface area contributed by atoms with Crippen molar-refractivity contribution >= 4 is 11.8 Å². The molecule has 2 fully saturated rings. The molecule has 1 N–H and O–H groups in total. The molecule has 0 atom stereocenters. The lowest BCUT2D eigenvalue weighted by Gasteiger charge is -2.32. The lowest BCUT2D eigenvalue weighted by molar-refractivity contribution is -0.122. The number of hydrogen-bond donors (Lipinski definition) is 1. The van der Waals surface area contributed by atoms with Crippen LogP contribution in [0.2, 0.25) is 0 Å². The number of nitrogens with one attached hydrogen (secondary N) is 1. The third-order valence-electron chi connectivity index (χ3n) is 5.38. The highest BCUT2D eigenvalue weighted by atomic mass is 16.3. The average molecular weight is 332 g/mol. The second-order valence-electron chi connectivity index (χ2n) is 7.15. The Hall–Kier alpha value is -1.78. The Morgan fingerprint density at radius 3 is 2.54 bits per heavy atom. The summed E-state index contributed by atoms with van der Waals surface area (Å²) >= 11 is 0. The monoisotopic (exact) mass is 332 g/mol. The van der Waals surface area contributed by atoms with Crippen molar-refractivity contribution in [3.05, 3.63) is 24.2 Å². The largest absolute Gasteiger partial charge is 0.459 e. The van der Waals surface area contributed by atoms with Crippen LogP contribution in [0.5, 0.6) is 0 Å². The Bertz CT molecular complexity index is 527. The van der Waals surface area contributed by atoms with Crippen molar-refractivity contribution in [2.45, 2.75) is 63.8 Å². The van der Waals surface area contributed by atoms with Crippen LogP contribution in [0.15, 0.2) is 22.8 Å². The molecule has 0 unspecified atom stereocenters. The third-order valence-corrected chi connectivity index (χ3v) is 5.38. The first-order valence-electron chi connectivity index (χ1n) is 9.34. The van der Waals surface area contributed by atoms with E-state index in [4.69, 9.17) is 4.42 Å². The molecular formula is C19H28N2O3. The summed E-state index contributed by atoms with van der Waals surface area (Å²) in [7, 11) is 0. The molecule has 24 heavy (non-hydrogen) atoms. The molecular weight excluding hydrogens is 304 g/mol. The quantitative estimate of drug-likeness (QED) is 0.899. The zero-order chi connectivity index (χ0) is 16.8. The molecule has 1 aromatic heterocycles. The summed E-state index contributed by atoms with van der Waals surface area (Å²) in [4.78, 5) is 26.2. The van der Waals surface area contributed by atoms with Gasteiger partial charge in [0.25, 0.3) is 5.91 Å². The summed E-state index contributed by atoms with van der Waals surface area (Å²) in [6, 6.07) is 3.62. The first-order chi connectivity index (χ1) is 11.7. The molecule has 5 heteroatoms. The summed E-state index contributed by atoms with van der Waals surface area (Å²) in [6.45, 7) is 1.35. The highest BCUT2D eigenvalue weighted by Gasteiger charge is 2.26. The molecule has 1 aliphatic carbocycles. The van der Waals surface area contributed by atoms with Gasteiger partial charge in [0, 0.05) is 25.6 Å². The van der Waals surface area contributed by atoms with E-state index in [9.17, 15) is 9.59 Å². The molecule has 2 aliphatic rings. The fraction of sp³-hybridized carbons (Fsp3) is 0.684. The Morgan fingerprint density at radius 1 is 1.12 bits per heavy atom. The minimum atomic E-state index is -0.0536. The second-order valence-corrected chi connectivity index (χ2v) is 7.15. The predicted octanol–water partition coefficient (Wildman–Crippen LogP) is 3.36. The number of carbonyl (C=O) groups excluding carboxylic acids is 2. The van der Waals surface area contributed by atoms with Crippen LogP contribution in [0.3, 0.4) is 0 Å². The zero-order valence-electron chi connectivity index (χ0n) is 14.3. The van der Waals surface area contributed by atoms with E-state index in [-0.39, 0.29) is 17.9 Å². The van der Waals surface area contributed by atoms with E-state index in [1.165, 1.54) is 38.4 Å². The van der Waals surface area contributed by atoms with Crippen LogP contribution in [-0.4, -0.2) is 35.8 Å². The van der Waals surface area contributed by atoms with Crippen LogP contribution in [0.25, 0.3) is 0 Å². The summed E-state index contributed by atoms with van der Waals surface area (Å²) in [6.07, 6.45) is 11.4. The van der Waals surface area contributed by atoms with Gasteiger partial charge in [0.2, 0.25) is 5.91 Å². The first kappa shape index (κ1) is 17.1. The van der Waals surface area contributed by atoms with Crippen molar-refractivity contribution in [1.82, 2.24) is 10.2 Å². The van der Waals surface area contributed by atoms with Crippen LogP contribution >= 0.6 is 0 Å². The van der Waals surface area contributed by atoms with Crippen LogP contribution < -0.4 is 5.32 Å². The van der Waals surface area contributed by atoms with E-state index >= 15 is 0 Å². The zero-order valence-corrected chi connectivity index (χ0v) is 14.3. The minimum Gasteiger partial charge on any atom is -0.459 e. The van der Waals surface area contributed by atoms with E-state index in [1.807, 2.05) is 4.90 Å². The molecule has 2 heterocycles. The molecule has 132 valence electrons. The number of nitrogens with zero attached hydrogens (tertiary/aromatic N) is 1. The molecule has 1 aromatic rings. The number of furan rings is 1. The molecule has 5 nitrogen and oxygen atoms in total. The molecule has 3 rings (SSSR count). The smallest absolute Gasteiger partial charge is 0.289 e. The van der Waals surface area contributed by atoms with Gasteiger partial charge in [-0.15, -0.1) is 0 Å². The molecule has 1 aliphatic heterocycles. The van der Waals surface area contributed by atoms with Crippen LogP contribution in [-0.2, 0) is 4.79 Å². The Morgan fingerprint density at radius 2 is 1.88 bits per heavy atom. The van der Waals surface area contributed by atoms with Crippen molar-refractivity contribution in [3.8, 4) is 0 Å². The van der Waals surface area contributed by atoms with Crippen molar-refractivity contribution in [3.63, 3.8) is 0 Å². The highest BCUT2D eigenvalue weighted by Crippen LogP contribution is 2.27. The van der Waals surface area contributed by atoms with E-state index in [0.29, 0.717) is 25.3 Å². The maximum absolute atomic E-state index is 12.2. The maximum Gasteiger partial charge on any atom is 0.289 e. The molecule has 1 saturated carbocycles. The van der Waals surface area contributed by atoms with Gasteiger partial charge >= 0.3 is 0 Å². The van der Waals surface area contributed by atoms with Gasteiger partial charge in [0.1, 0.15) is 0 Å². The van der Waals surface area contributed by atoms with E-state index in [0.717, 1.165) is 25.2 Å². The predicted molar refractivity (Wildman–Crippen MR) is 91.6 cm³/mol. The van der Waals surface area contributed by atoms with Gasteiger partial charge in [-0.2, -0.15) is 0 Å². The first-order valence-corrected chi connectivity index (χ1v) is 9.34. The fourth-order valence-electron chi connectivity index (χ4n) is 3.89. The standard InChI is InChI=1S/C19H28N2O3/c22-18(9-8-15-5-2-1-3-6-15)20-16-10-12-21(13-11-16)19(23)17-7-4-14-24-17/h4,7,14-16H,1-3,5-6,8-13H2,(H,20,22). The second kappa shape index (κ2) is 8.36. The van der Waals surface area contributed by atoms with E-state index < -0.39 is 0 Å². The number of hydrogen-bond acceptors (Lipinski definition) is 3. The molecule has 0 bridgehead atoms. The number of amides is 2. The lowest BCUT2D eigenvalue weighted by atomic mass is 9.86. The molecule has 1 saturated heterocycles. The SMILES string of the molecule is O=C(CCC1CCCCC1)NC1CCN(C(=O)c2ccco2)CC1. The van der Waals surface area contributed by atoms with Gasteiger partial charge in [-0.25, -0.2) is 0 Å². The average Bonchev–Trinajstić information content (AvgIpc) is 3.16. The maximum atomic E-state index is 12.2. The number of carbonyl (C=O) groups is 2.